The van der Waals surface area contributed by atoms with Gasteiger partial charge in [0.2, 0.25) is 0 Å². The van der Waals surface area contributed by atoms with E-state index in [9.17, 15) is 9.00 Å². The predicted octanol–water partition coefficient (Wildman–Crippen LogP) is 3.06. The number of aromatic carboxylic acids is 1. The zero-order chi connectivity index (χ0) is 13.1. The highest BCUT2D eigenvalue weighted by molar-refractivity contribution is 7.84. The van der Waals surface area contributed by atoms with Gasteiger partial charge in [0, 0.05) is 9.77 Å². The number of hydrogen-bond acceptors (Lipinski definition) is 3. The van der Waals surface area contributed by atoms with Gasteiger partial charge < -0.3 is 5.11 Å². The van der Waals surface area contributed by atoms with E-state index in [-0.39, 0.29) is 5.56 Å². The SMILES string of the molecule is Cc1ccc(S(=O)Cc2cccs2)cc1C(=O)O. The van der Waals surface area contributed by atoms with Crippen molar-refractivity contribution in [3.05, 3.63) is 51.7 Å². The first kappa shape index (κ1) is 13.0. The Morgan fingerprint density at radius 1 is 1.39 bits per heavy atom. The number of carboxylic acids is 1. The van der Waals surface area contributed by atoms with E-state index in [1.807, 2.05) is 17.5 Å². The molecule has 0 bridgehead atoms. The molecule has 0 radical (unpaired) electrons. The minimum absolute atomic E-state index is 0.215. The molecule has 0 aliphatic rings. The molecule has 94 valence electrons. The summed E-state index contributed by atoms with van der Waals surface area (Å²) < 4.78 is 12.1. The van der Waals surface area contributed by atoms with Crippen LogP contribution >= 0.6 is 11.3 Å². The van der Waals surface area contributed by atoms with Crippen LogP contribution in [0.4, 0.5) is 0 Å². The van der Waals surface area contributed by atoms with Crippen molar-refractivity contribution in [2.24, 2.45) is 0 Å². The normalized spacial score (nSPS) is 12.3. The Bertz CT molecular complexity index is 588. The van der Waals surface area contributed by atoms with Gasteiger partial charge in [-0.25, -0.2) is 4.79 Å². The third kappa shape index (κ3) is 2.86. The largest absolute Gasteiger partial charge is 0.478 e. The van der Waals surface area contributed by atoms with Crippen LogP contribution < -0.4 is 0 Å². The Morgan fingerprint density at radius 2 is 2.17 bits per heavy atom. The molecular formula is C13H12O3S2. The fourth-order valence-electron chi connectivity index (χ4n) is 1.58. The molecule has 1 atom stereocenters. The summed E-state index contributed by atoms with van der Waals surface area (Å²) in [7, 11) is -1.20. The number of benzene rings is 1. The van der Waals surface area contributed by atoms with Crippen LogP contribution in [0.2, 0.25) is 0 Å². The molecule has 1 heterocycles. The van der Waals surface area contributed by atoms with Gasteiger partial charge >= 0.3 is 5.97 Å². The first-order valence-electron chi connectivity index (χ1n) is 5.32. The molecule has 0 fully saturated rings. The molecule has 0 saturated heterocycles. The van der Waals surface area contributed by atoms with Gasteiger partial charge in [-0.05, 0) is 36.1 Å². The molecule has 0 spiro atoms. The number of rotatable bonds is 4. The molecule has 0 amide bonds. The van der Waals surface area contributed by atoms with E-state index < -0.39 is 16.8 Å². The van der Waals surface area contributed by atoms with Gasteiger partial charge in [0.05, 0.1) is 22.1 Å². The molecule has 5 heteroatoms. The summed E-state index contributed by atoms with van der Waals surface area (Å²) in [6.07, 6.45) is 0. The Kier molecular flexibility index (Phi) is 3.93. The van der Waals surface area contributed by atoms with Crippen LogP contribution in [-0.4, -0.2) is 15.3 Å². The Labute approximate surface area is 112 Å². The highest BCUT2D eigenvalue weighted by Gasteiger charge is 2.12. The van der Waals surface area contributed by atoms with Gasteiger partial charge in [-0.2, -0.15) is 0 Å². The van der Waals surface area contributed by atoms with E-state index in [0.717, 1.165) is 4.88 Å². The van der Waals surface area contributed by atoms with Crippen molar-refractivity contribution in [1.29, 1.82) is 0 Å². The molecule has 2 rings (SSSR count). The maximum Gasteiger partial charge on any atom is 0.335 e. The standard InChI is InChI=1S/C13H12O3S2/c1-9-4-5-11(7-12(9)13(14)15)18(16)8-10-3-2-6-17-10/h2-7H,8H2,1H3,(H,14,15). The van der Waals surface area contributed by atoms with Crippen LogP contribution in [0, 0.1) is 6.92 Å². The average molecular weight is 280 g/mol. The van der Waals surface area contributed by atoms with E-state index in [1.54, 1.807) is 30.4 Å². The van der Waals surface area contributed by atoms with Gasteiger partial charge in [-0.3, -0.25) is 4.21 Å². The van der Waals surface area contributed by atoms with E-state index in [1.165, 1.54) is 6.07 Å². The molecule has 1 unspecified atom stereocenters. The smallest absolute Gasteiger partial charge is 0.335 e. The topological polar surface area (TPSA) is 54.4 Å². The monoisotopic (exact) mass is 280 g/mol. The first-order valence-corrected chi connectivity index (χ1v) is 7.52. The van der Waals surface area contributed by atoms with Crippen LogP contribution in [0.5, 0.6) is 0 Å². The Balaban J connectivity index is 2.26. The highest BCUT2D eigenvalue weighted by Crippen LogP contribution is 2.19. The van der Waals surface area contributed by atoms with E-state index in [2.05, 4.69) is 0 Å². The minimum Gasteiger partial charge on any atom is -0.478 e. The summed E-state index contributed by atoms with van der Waals surface area (Å²) in [5, 5.41) is 11.0. The molecule has 1 aromatic heterocycles. The fraction of sp³-hybridized carbons (Fsp3) is 0.154. The molecule has 0 aliphatic carbocycles. The number of thiophene rings is 1. The van der Waals surface area contributed by atoms with Gasteiger partial charge in [-0.1, -0.05) is 12.1 Å². The second-order valence-corrected chi connectivity index (χ2v) is 6.33. The number of hydrogen-bond donors (Lipinski definition) is 1. The summed E-state index contributed by atoms with van der Waals surface area (Å²) in [6, 6.07) is 8.77. The Hall–Kier alpha value is -1.46. The molecule has 1 N–H and O–H groups in total. The van der Waals surface area contributed by atoms with Crippen molar-refractivity contribution in [2.75, 3.05) is 0 Å². The lowest BCUT2D eigenvalue weighted by molar-refractivity contribution is 0.0696. The maximum absolute atomic E-state index is 12.1. The number of carboxylic acid groups (broad SMARTS) is 1. The average Bonchev–Trinajstić information content (AvgIpc) is 2.81. The van der Waals surface area contributed by atoms with E-state index >= 15 is 0 Å². The van der Waals surface area contributed by atoms with Crippen molar-refractivity contribution >= 4 is 28.1 Å². The third-order valence-corrected chi connectivity index (χ3v) is 4.97. The van der Waals surface area contributed by atoms with Crippen LogP contribution in [0.25, 0.3) is 0 Å². The van der Waals surface area contributed by atoms with E-state index in [4.69, 9.17) is 5.11 Å². The summed E-state index contributed by atoms with van der Waals surface area (Å²) in [4.78, 5) is 12.6. The summed E-state index contributed by atoms with van der Waals surface area (Å²) in [5.74, 6) is -0.553. The number of carbonyl (C=O) groups is 1. The number of aryl methyl sites for hydroxylation is 1. The quantitative estimate of drug-likeness (QED) is 0.936. The zero-order valence-electron chi connectivity index (χ0n) is 9.75. The summed E-state index contributed by atoms with van der Waals surface area (Å²) >= 11 is 1.55. The van der Waals surface area contributed by atoms with Crippen molar-refractivity contribution in [3.8, 4) is 0 Å². The van der Waals surface area contributed by atoms with Crippen LogP contribution in [0.1, 0.15) is 20.8 Å². The highest BCUT2D eigenvalue weighted by atomic mass is 32.2. The maximum atomic E-state index is 12.1. The molecule has 18 heavy (non-hydrogen) atoms. The van der Waals surface area contributed by atoms with Crippen LogP contribution in [0.3, 0.4) is 0 Å². The van der Waals surface area contributed by atoms with Gasteiger partial charge in [-0.15, -0.1) is 11.3 Å². The lowest BCUT2D eigenvalue weighted by atomic mass is 10.1. The molecule has 3 nitrogen and oxygen atoms in total. The third-order valence-electron chi connectivity index (χ3n) is 2.56. The molecule has 0 saturated carbocycles. The lowest BCUT2D eigenvalue weighted by Gasteiger charge is -2.05. The van der Waals surface area contributed by atoms with Gasteiger partial charge in [0.25, 0.3) is 0 Å². The van der Waals surface area contributed by atoms with Gasteiger partial charge in [0.15, 0.2) is 0 Å². The van der Waals surface area contributed by atoms with Crippen molar-refractivity contribution in [1.82, 2.24) is 0 Å². The predicted molar refractivity (Wildman–Crippen MR) is 72.6 cm³/mol. The second-order valence-electron chi connectivity index (χ2n) is 3.85. The molecular weight excluding hydrogens is 268 g/mol. The van der Waals surface area contributed by atoms with Gasteiger partial charge in [0.1, 0.15) is 0 Å². The first-order chi connectivity index (χ1) is 8.58. The summed E-state index contributed by atoms with van der Waals surface area (Å²) in [6.45, 7) is 1.73. The zero-order valence-corrected chi connectivity index (χ0v) is 11.4. The lowest BCUT2D eigenvalue weighted by Crippen LogP contribution is -2.02. The van der Waals surface area contributed by atoms with Crippen molar-refractivity contribution < 1.29 is 14.1 Å². The minimum atomic E-state index is -1.20. The fourth-order valence-corrected chi connectivity index (χ4v) is 3.65. The van der Waals surface area contributed by atoms with Crippen LogP contribution in [-0.2, 0) is 16.6 Å². The van der Waals surface area contributed by atoms with Crippen molar-refractivity contribution in [3.63, 3.8) is 0 Å². The molecule has 0 aliphatic heterocycles. The second kappa shape index (κ2) is 5.46. The summed E-state index contributed by atoms with van der Waals surface area (Å²) in [5.41, 5.74) is 0.895. The van der Waals surface area contributed by atoms with E-state index in [0.29, 0.717) is 16.2 Å². The van der Waals surface area contributed by atoms with Crippen molar-refractivity contribution in [2.45, 2.75) is 17.6 Å². The Morgan fingerprint density at radius 3 is 2.78 bits per heavy atom. The molecule has 2 aromatic rings. The molecule has 1 aromatic carbocycles. The van der Waals surface area contributed by atoms with Crippen LogP contribution in [0.15, 0.2) is 40.6 Å².